The average molecular weight is 334 g/mol. The molecule has 0 radical (unpaired) electrons. The van der Waals surface area contributed by atoms with Crippen LogP contribution in [0.3, 0.4) is 0 Å². The summed E-state index contributed by atoms with van der Waals surface area (Å²) in [5.74, 6) is 0.502. The second-order valence-electron chi connectivity index (χ2n) is 6.46. The van der Waals surface area contributed by atoms with Crippen LogP contribution in [-0.4, -0.2) is 38.5 Å². The minimum absolute atomic E-state index is 0.224. The Hall–Kier alpha value is -1.99. The van der Waals surface area contributed by atoms with E-state index in [1.54, 1.807) is 12.1 Å². The van der Waals surface area contributed by atoms with E-state index in [0.29, 0.717) is 17.0 Å². The minimum atomic E-state index is -0.730. The van der Waals surface area contributed by atoms with Gasteiger partial charge in [0.25, 0.3) is 0 Å². The van der Waals surface area contributed by atoms with E-state index in [2.05, 4.69) is 6.58 Å². The predicted octanol–water partition coefficient (Wildman–Crippen LogP) is 2.09. The van der Waals surface area contributed by atoms with E-state index in [-0.39, 0.29) is 5.75 Å². The zero-order chi connectivity index (χ0) is 18.1. The van der Waals surface area contributed by atoms with Gasteiger partial charge in [0.15, 0.2) is 11.5 Å². The van der Waals surface area contributed by atoms with Crippen LogP contribution in [0.25, 0.3) is 0 Å². The van der Waals surface area contributed by atoms with Crippen molar-refractivity contribution in [3.8, 4) is 17.2 Å². The molecule has 1 aliphatic heterocycles. The van der Waals surface area contributed by atoms with E-state index in [1.165, 1.54) is 14.2 Å². The summed E-state index contributed by atoms with van der Waals surface area (Å²) >= 11 is 0. The van der Waals surface area contributed by atoms with Crippen molar-refractivity contribution in [3.63, 3.8) is 0 Å². The average Bonchev–Trinajstić information content (AvgIpc) is 2.75. The zero-order valence-electron chi connectivity index (χ0n) is 15.0. The number of carbonyl (C=O) groups excluding carboxylic acids is 1. The highest BCUT2D eigenvalue weighted by Crippen LogP contribution is 2.39. The van der Waals surface area contributed by atoms with E-state index >= 15 is 0 Å². The van der Waals surface area contributed by atoms with Crippen molar-refractivity contribution in [1.29, 1.82) is 0 Å². The SMILES string of the molecule is C=CC(=O)Oc1c(OC)cc(OC)cc1B1OC(C)(C)C(C)(C)O1. The van der Waals surface area contributed by atoms with Gasteiger partial charge < -0.3 is 23.5 Å². The second-order valence-corrected chi connectivity index (χ2v) is 6.46. The molecule has 0 unspecified atom stereocenters. The summed E-state index contributed by atoms with van der Waals surface area (Å²) in [4.78, 5) is 11.7. The first-order valence-electron chi connectivity index (χ1n) is 7.61. The van der Waals surface area contributed by atoms with Gasteiger partial charge in [0.1, 0.15) is 5.75 Å². The van der Waals surface area contributed by atoms with Gasteiger partial charge in [0.2, 0.25) is 0 Å². The largest absolute Gasteiger partial charge is 0.498 e. The van der Waals surface area contributed by atoms with Gasteiger partial charge in [-0.05, 0) is 33.8 Å². The lowest BCUT2D eigenvalue weighted by molar-refractivity contribution is -0.129. The molecule has 0 spiro atoms. The molecule has 0 N–H and O–H groups in total. The molecule has 1 aromatic carbocycles. The Morgan fingerprint density at radius 3 is 2.17 bits per heavy atom. The summed E-state index contributed by atoms with van der Waals surface area (Å²) in [6, 6.07) is 3.33. The predicted molar refractivity (Wildman–Crippen MR) is 91.1 cm³/mol. The standard InChI is InChI=1S/C17H23BO6/c1-8-14(19)22-15-12(9-11(20-6)10-13(15)21-7)18-23-16(2,3)17(4,5)24-18/h8-10H,1H2,2-7H3. The molecule has 0 amide bonds. The Bertz CT molecular complexity index is 637. The van der Waals surface area contributed by atoms with Crippen molar-refractivity contribution in [1.82, 2.24) is 0 Å². The fourth-order valence-corrected chi connectivity index (χ4v) is 2.26. The molecule has 0 bridgehead atoms. The third-order valence-corrected chi connectivity index (χ3v) is 4.39. The summed E-state index contributed by atoms with van der Waals surface area (Å²) in [6.45, 7) is 11.2. The second kappa shape index (κ2) is 6.49. The maximum absolute atomic E-state index is 11.7. The van der Waals surface area contributed by atoms with Crippen molar-refractivity contribution in [2.24, 2.45) is 0 Å². The smallest absolute Gasteiger partial charge is 0.497 e. The summed E-state index contributed by atoms with van der Waals surface area (Å²) in [5.41, 5.74) is -0.554. The summed E-state index contributed by atoms with van der Waals surface area (Å²) in [6.07, 6.45) is 1.08. The molecule has 1 aromatic rings. The summed E-state index contributed by atoms with van der Waals surface area (Å²) in [5, 5.41) is 0. The Morgan fingerprint density at radius 2 is 1.71 bits per heavy atom. The molecule has 2 rings (SSSR count). The Balaban J connectivity index is 2.54. The quantitative estimate of drug-likeness (QED) is 0.356. The number of ether oxygens (including phenoxy) is 3. The molecule has 0 aromatic heterocycles. The lowest BCUT2D eigenvalue weighted by atomic mass is 9.78. The van der Waals surface area contributed by atoms with Gasteiger partial charge in [-0.3, -0.25) is 0 Å². The van der Waals surface area contributed by atoms with Crippen LogP contribution in [0.2, 0.25) is 0 Å². The highest BCUT2D eigenvalue weighted by Gasteiger charge is 2.53. The zero-order valence-corrected chi connectivity index (χ0v) is 15.0. The number of carbonyl (C=O) groups is 1. The molecule has 1 fully saturated rings. The van der Waals surface area contributed by atoms with Gasteiger partial charge in [-0.1, -0.05) is 6.58 Å². The molecule has 130 valence electrons. The third kappa shape index (κ3) is 3.27. The van der Waals surface area contributed by atoms with Crippen molar-refractivity contribution >= 4 is 18.6 Å². The maximum atomic E-state index is 11.7. The Kier molecular flexibility index (Phi) is 4.96. The maximum Gasteiger partial charge on any atom is 0.498 e. The number of hydrogen-bond donors (Lipinski definition) is 0. The molecule has 6 nitrogen and oxygen atoms in total. The minimum Gasteiger partial charge on any atom is -0.497 e. The monoisotopic (exact) mass is 334 g/mol. The number of esters is 1. The van der Waals surface area contributed by atoms with E-state index in [4.69, 9.17) is 23.5 Å². The highest BCUT2D eigenvalue weighted by atomic mass is 16.7. The van der Waals surface area contributed by atoms with Crippen LogP contribution in [0, 0.1) is 0 Å². The summed E-state index contributed by atoms with van der Waals surface area (Å²) in [7, 11) is 2.29. The molecule has 0 atom stereocenters. The van der Waals surface area contributed by atoms with E-state index in [0.717, 1.165) is 6.08 Å². The van der Waals surface area contributed by atoms with Crippen molar-refractivity contribution < 1.29 is 28.3 Å². The van der Waals surface area contributed by atoms with Crippen LogP contribution in [0.4, 0.5) is 0 Å². The topological polar surface area (TPSA) is 63.2 Å². The first-order chi connectivity index (χ1) is 11.1. The van der Waals surface area contributed by atoms with Gasteiger partial charge in [0.05, 0.1) is 25.4 Å². The van der Waals surface area contributed by atoms with Crippen molar-refractivity contribution in [2.75, 3.05) is 14.2 Å². The molecule has 24 heavy (non-hydrogen) atoms. The fraction of sp³-hybridized carbons (Fsp3) is 0.471. The number of methoxy groups -OCH3 is 2. The highest BCUT2D eigenvalue weighted by molar-refractivity contribution is 6.63. The lowest BCUT2D eigenvalue weighted by Gasteiger charge is -2.32. The number of hydrogen-bond acceptors (Lipinski definition) is 6. The number of benzene rings is 1. The lowest BCUT2D eigenvalue weighted by Crippen LogP contribution is -2.41. The fourth-order valence-electron chi connectivity index (χ4n) is 2.26. The van der Waals surface area contributed by atoms with Gasteiger partial charge in [-0.15, -0.1) is 0 Å². The van der Waals surface area contributed by atoms with Gasteiger partial charge in [0, 0.05) is 17.6 Å². The Morgan fingerprint density at radius 1 is 1.12 bits per heavy atom. The van der Waals surface area contributed by atoms with Crippen molar-refractivity contribution in [2.45, 2.75) is 38.9 Å². The van der Waals surface area contributed by atoms with Gasteiger partial charge >= 0.3 is 13.1 Å². The molecule has 7 heteroatoms. The van der Waals surface area contributed by atoms with Crippen LogP contribution in [0.5, 0.6) is 17.2 Å². The Labute approximate surface area is 142 Å². The van der Waals surface area contributed by atoms with Crippen LogP contribution in [0.15, 0.2) is 24.8 Å². The molecule has 0 aliphatic carbocycles. The van der Waals surface area contributed by atoms with Crippen molar-refractivity contribution in [3.05, 3.63) is 24.8 Å². The normalized spacial score (nSPS) is 18.2. The third-order valence-electron chi connectivity index (χ3n) is 4.39. The number of rotatable bonds is 5. The van der Waals surface area contributed by atoms with Crippen LogP contribution < -0.4 is 19.7 Å². The molecule has 1 heterocycles. The van der Waals surface area contributed by atoms with E-state index in [1.807, 2.05) is 27.7 Å². The molecule has 1 saturated heterocycles. The molecule has 1 aliphatic rings. The van der Waals surface area contributed by atoms with Gasteiger partial charge in [-0.2, -0.15) is 0 Å². The van der Waals surface area contributed by atoms with Crippen LogP contribution in [0.1, 0.15) is 27.7 Å². The van der Waals surface area contributed by atoms with E-state index in [9.17, 15) is 4.79 Å². The summed E-state index contributed by atoms with van der Waals surface area (Å²) < 4.78 is 28.1. The first-order valence-corrected chi connectivity index (χ1v) is 7.61. The molecular weight excluding hydrogens is 311 g/mol. The first kappa shape index (κ1) is 18.4. The molecular formula is C17H23BO6. The molecule has 0 saturated carbocycles. The van der Waals surface area contributed by atoms with Crippen LogP contribution in [-0.2, 0) is 14.1 Å². The van der Waals surface area contributed by atoms with E-state index < -0.39 is 24.3 Å². The van der Waals surface area contributed by atoms with Crippen LogP contribution >= 0.6 is 0 Å². The van der Waals surface area contributed by atoms with Gasteiger partial charge in [-0.25, -0.2) is 4.79 Å².